The molecule has 7 heteroatoms. The van der Waals surface area contributed by atoms with E-state index in [1.807, 2.05) is 32.0 Å². The summed E-state index contributed by atoms with van der Waals surface area (Å²) in [5.41, 5.74) is 0.436. The molecule has 0 aromatic heterocycles. The van der Waals surface area contributed by atoms with E-state index in [1.54, 1.807) is 0 Å². The summed E-state index contributed by atoms with van der Waals surface area (Å²) in [4.78, 5) is 2.15. The van der Waals surface area contributed by atoms with Gasteiger partial charge in [0.25, 0.3) is 0 Å². The molecule has 0 saturated carbocycles. The number of alkyl halides is 6. The second-order valence-corrected chi connectivity index (χ2v) is 8.99. The van der Waals surface area contributed by atoms with Crippen LogP contribution in [0.1, 0.15) is 22.3 Å². The van der Waals surface area contributed by atoms with Crippen LogP contribution < -0.4 is 0 Å². The standard InChI is InChI=1S/C22H18F6S/c1-14-11-15(2)13-20(12-14)29(18-7-3-16(4-8-18)21(23,24)25)19-9-5-17(6-10-19)22(26,27)28/h3-13,29H,1-2H3. The lowest BCUT2D eigenvalue weighted by Crippen LogP contribution is -2.05. The summed E-state index contributed by atoms with van der Waals surface area (Å²) >= 11 is 0. The SMILES string of the molecule is Cc1cc(C)cc([SH](c2ccc(C(F)(F)F)cc2)c2ccc(C(F)(F)F)cc2)c1. The smallest absolute Gasteiger partial charge is 0.173 e. The van der Waals surface area contributed by atoms with Gasteiger partial charge in [-0.25, -0.2) is 0 Å². The first-order valence-corrected chi connectivity index (χ1v) is 10.0. The van der Waals surface area contributed by atoms with E-state index >= 15 is 0 Å². The van der Waals surface area contributed by atoms with E-state index in [1.165, 1.54) is 24.3 Å². The van der Waals surface area contributed by atoms with E-state index in [-0.39, 0.29) is 0 Å². The van der Waals surface area contributed by atoms with Gasteiger partial charge in [-0.2, -0.15) is 37.2 Å². The van der Waals surface area contributed by atoms with Crippen LogP contribution in [-0.4, -0.2) is 0 Å². The lowest BCUT2D eigenvalue weighted by Gasteiger charge is -2.25. The molecule has 0 heterocycles. The Labute approximate surface area is 167 Å². The van der Waals surface area contributed by atoms with Crippen LogP contribution in [0.5, 0.6) is 0 Å². The van der Waals surface area contributed by atoms with Gasteiger partial charge in [0.05, 0.1) is 11.1 Å². The molecule has 0 aliphatic rings. The topological polar surface area (TPSA) is 0 Å². The Morgan fingerprint density at radius 1 is 0.517 bits per heavy atom. The predicted molar refractivity (Wildman–Crippen MR) is 103 cm³/mol. The molecule has 0 unspecified atom stereocenters. The first-order valence-electron chi connectivity index (χ1n) is 8.68. The van der Waals surface area contributed by atoms with Crippen LogP contribution in [0.3, 0.4) is 0 Å². The van der Waals surface area contributed by atoms with Crippen molar-refractivity contribution in [1.29, 1.82) is 0 Å². The molecule has 3 aromatic carbocycles. The minimum atomic E-state index is -4.45. The quantitative estimate of drug-likeness (QED) is 0.319. The van der Waals surface area contributed by atoms with Crippen molar-refractivity contribution in [2.45, 2.75) is 40.9 Å². The second-order valence-electron chi connectivity index (χ2n) is 6.77. The summed E-state index contributed by atoms with van der Waals surface area (Å²) in [7, 11) is -1.31. The average Bonchev–Trinajstić information content (AvgIpc) is 2.60. The zero-order valence-electron chi connectivity index (χ0n) is 15.6. The van der Waals surface area contributed by atoms with Gasteiger partial charge < -0.3 is 0 Å². The van der Waals surface area contributed by atoms with E-state index in [9.17, 15) is 26.3 Å². The van der Waals surface area contributed by atoms with Gasteiger partial charge in [0, 0.05) is 0 Å². The Morgan fingerprint density at radius 2 is 0.862 bits per heavy atom. The van der Waals surface area contributed by atoms with Gasteiger partial charge in [0.1, 0.15) is 0 Å². The Bertz CT molecular complexity index is 908. The normalized spacial score (nSPS) is 12.8. The Morgan fingerprint density at radius 3 is 1.17 bits per heavy atom. The van der Waals surface area contributed by atoms with Crippen LogP contribution >= 0.6 is 10.9 Å². The maximum atomic E-state index is 12.9. The number of halogens is 6. The number of benzene rings is 3. The van der Waals surface area contributed by atoms with Gasteiger partial charge in [0.15, 0.2) is 0 Å². The highest BCUT2D eigenvalue weighted by Crippen LogP contribution is 2.52. The summed E-state index contributed by atoms with van der Waals surface area (Å²) in [6, 6.07) is 15.5. The van der Waals surface area contributed by atoms with Gasteiger partial charge in [-0.3, -0.25) is 0 Å². The van der Waals surface area contributed by atoms with Crippen molar-refractivity contribution < 1.29 is 26.3 Å². The maximum absolute atomic E-state index is 12.9. The highest BCUT2D eigenvalue weighted by atomic mass is 32.2. The minimum Gasteiger partial charge on any atom is -0.173 e. The molecule has 0 spiro atoms. The summed E-state index contributed by atoms with van der Waals surface area (Å²) in [6.45, 7) is 3.81. The average molecular weight is 428 g/mol. The lowest BCUT2D eigenvalue weighted by atomic mass is 10.2. The number of hydrogen-bond acceptors (Lipinski definition) is 0. The molecule has 3 rings (SSSR count). The molecule has 154 valence electrons. The van der Waals surface area contributed by atoms with Crippen LogP contribution in [-0.2, 0) is 12.4 Å². The molecular weight excluding hydrogens is 410 g/mol. The largest absolute Gasteiger partial charge is 0.416 e. The molecule has 0 aliphatic carbocycles. The fraction of sp³-hybridized carbons (Fsp3) is 0.182. The van der Waals surface area contributed by atoms with Crippen molar-refractivity contribution in [3.63, 3.8) is 0 Å². The number of rotatable bonds is 3. The van der Waals surface area contributed by atoms with Crippen LogP contribution in [0.25, 0.3) is 0 Å². The van der Waals surface area contributed by atoms with Crippen LogP contribution in [0, 0.1) is 13.8 Å². The van der Waals surface area contributed by atoms with Crippen molar-refractivity contribution in [1.82, 2.24) is 0 Å². The van der Waals surface area contributed by atoms with Crippen molar-refractivity contribution >= 4 is 10.9 Å². The van der Waals surface area contributed by atoms with E-state index in [2.05, 4.69) is 0 Å². The Hall–Kier alpha value is -2.41. The maximum Gasteiger partial charge on any atom is 0.416 e. The Balaban J connectivity index is 2.12. The van der Waals surface area contributed by atoms with E-state index in [0.29, 0.717) is 9.79 Å². The van der Waals surface area contributed by atoms with Gasteiger partial charge >= 0.3 is 12.4 Å². The zero-order valence-corrected chi connectivity index (χ0v) is 16.5. The first-order chi connectivity index (χ1) is 13.4. The monoisotopic (exact) mass is 428 g/mol. The zero-order chi connectivity index (χ0) is 21.4. The second kappa shape index (κ2) is 7.78. The molecule has 0 aliphatic heterocycles. The van der Waals surface area contributed by atoms with Crippen molar-refractivity contribution in [3.8, 4) is 0 Å². The van der Waals surface area contributed by atoms with Crippen LogP contribution in [0.15, 0.2) is 81.4 Å². The summed E-state index contributed by atoms with van der Waals surface area (Å²) in [6.07, 6.45) is -8.90. The van der Waals surface area contributed by atoms with E-state index in [4.69, 9.17) is 0 Å². The minimum absolute atomic E-state index is 0.637. The highest BCUT2D eigenvalue weighted by molar-refractivity contribution is 8.17. The third-order valence-electron chi connectivity index (χ3n) is 4.37. The molecule has 0 N–H and O–H groups in total. The fourth-order valence-electron chi connectivity index (χ4n) is 3.13. The van der Waals surface area contributed by atoms with Gasteiger partial charge in [-0.05, 0) is 100 Å². The van der Waals surface area contributed by atoms with Crippen molar-refractivity contribution in [3.05, 3.63) is 89.0 Å². The van der Waals surface area contributed by atoms with Crippen molar-refractivity contribution in [2.24, 2.45) is 0 Å². The molecular formula is C22H18F6S. The van der Waals surface area contributed by atoms with Crippen molar-refractivity contribution in [2.75, 3.05) is 0 Å². The summed E-state index contributed by atoms with van der Waals surface area (Å²) in [5, 5.41) is 0. The van der Waals surface area contributed by atoms with E-state index in [0.717, 1.165) is 40.3 Å². The number of aryl methyl sites for hydroxylation is 2. The highest BCUT2D eigenvalue weighted by Gasteiger charge is 2.31. The van der Waals surface area contributed by atoms with Gasteiger partial charge in [-0.1, -0.05) is 6.07 Å². The van der Waals surface area contributed by atoms with Crippen LogP contribution in [0.2, 0.25) is 0 Å². The van der Waals surface area contributed by atoms with Gasteiger partial charge in [0.2, 0.25) is 0 Å². The fourth-order valence-corrected chi connectivity index (χ4v) is 5.58. The molecule has 0 bridgehead atoms. The summed E-state index contributed by atoms with van der Waals surface area (Å²) < 4.78 is 77.6. The molecule has 0 nitrogen and oxygen atoms in total. The lowest BCUT2D eigenvalue weighted by molar-refractivity contribution is -0.138. The molecule has 3 aromatic rings. The number of thiol groups is 1. The Kier molecular flexibility index (Phi) is 5.72. The third kappa shape index (κ3) is 4.96. The van der Waals surface area contributed by atoms with Crippen LogP contribution in [0.4, 0.5) is 26.3 Å². The molecule has 29 heavy (non-hydrogen) atoms. The molecule has 0 amide bonds. The number of hydrogen-bond donors (Lipinski definition) is 1. The molecule has 0 fully saturated rings. The molecule has 0 saturated heterocycles. The molecule has 0 atom stereocenters. The molecule has 0 radical (unpaired) electrons. The third-order valence-corrected chi connectivity index (χ3v) is 6.77. The van der Waals surface area contributed by atoms with E-state index < -0.39 is 34.4 Å². The van der Waals surface area contributed by atoms with Gasteiger partial charge in [-0.15, -0.1) is 0 Å². The summed E-state index contributed by atoms with van der Waals surface area (Å²) in [5.74, 6) is 0. The predicted octanol–water partition coefficient (Wildman–Crippen LogP) is 7.82. The first kappa shape index (κ1) is 21.3.